The van der Waals surface area contributed by atoms with Gasteiger partial charge in [-0.15, -0.1) is 0 Å². The molecule has 1 heteroatoms. The minimum absolute atomic E-state index is 1.11. The van der Waals surface area contributed by atoms with Crippen molar-refractivity contribution in [3.63, 3.8) is 0 Å². The maximum Gasteiger partial charge on any atom is 0.00751 e. The van der Waals surface area contributed by atoms with Gasteiger partial charge in [0, 0.05) is 10.2 Å². The van der Waals surface area contributed by atoms with Gasteiger partial charge in [-0.05, 0) is 30.7 Å². The number of hydrogen-bond donors (Lipinski definition) is 0. The van der Waals surface area contributed by atoms with Gasteiger partial charge in [-0.25, -0.2) is 0 Å². The molecule has 2 atom stereocenters. The molecule has 2 aliphatic rings. The zero-order chi connectivity index (χ0) is 5.56. The molecule has 0 aromatic heterocycles. The quantitative estimate of drug-likeness (QED) is 0.332. The van der Waals surface area contributed by atoms with Crippen molar-refractivity contribution in [3.05, 3.63) is 11.6 Å². The third kappa shape index (κ3) is 0.509. The van der Waals surface area contributed by atoms with Crippen LogP contribution in [-0.4, -0.2) is 10.2 Å². The smallest absolute Gasteiger partial charge is 0.00751 e. The molecule has 0 heterocycles. The molecule has 1 fully saturated rings. The summed E-state index contributed by atoms with van der Waals surface area (Å²) in [5, 5.41) is 0. The van der Waals surface area contributed by atoms with E-state index >= 15 is 0 Å². The average Bonchev–Trinajstić information content (AvgIpc) is 2.23. The largest absolute Gasteiger partial charge is 0.0850 e. The third-order valence-corrected chi connectivity index (χ3v) is 3.97. The van der Waals surface area contributed by atoms with E-state index in [1.54, 1.807) is 5.57 Å². The predicted molar refractivity (Wildman–Crippen MR) is 39.1 cm³/mol. The van der Waals surface area contributed by atoms with Gasteiger partial charge in [-0.3, -0.25) is 0 Å². The van der Waals surface area contributed by atoms with Crippen LogP contribution in [0.1, 0.15) is 19.3 Å². The molecule has 0 saturated heterocycles. The lowest BCUT2D eigenvalue weighted by Gasteiger charge is -2.11. The maximum atomic E-state index is 2.46. The van der Waals surface area contributed by atoms with Gasteiger partial charge >= 0.3 is 0 Å². The summed E-state index contributed by atoms with van der Waals surface area (Å²) in [7, 11) is 1.44. The van der Waals surface area contributed by atoms with E-state index in [1.807, 2.05) is 0 Å². The zero-order valence-corrected chi connectivity index (χ0v) is 7.35. The van der Waals surface area contributed by atoms with Crippen LogP contribution >= 0.6 is 0 Å². The summed E-state index contributed by atoms with van der Waals surface area (Å²) >= 11 is 0. The van der Waals surface area contributed by atoms with Crippen LogP contribution in [0.15, 0.2) is 11.6 Å². The first-order chi connectivity index (χ1) is 3.86. The fourth-order valence-corrected chi connectivity index (χ4v) is 3.03. The highest BCUT2D eigenvalue weighted by molar-refractivity contribution is 6.12. The van der Waals surface area contributed by atoms with Gasteiger partial charge in [-0.1, -0.05) is 11.6 Å². The molecule has 0 N–H and O–H groups in total. The minimum Gasteiger partial charge on any atom is -0.0850 e. The van der Waals surface area contributed by atoms with Gasteiger partial charge in [0.1, 0.15) is 0 Å². The van der Waals surface area contributed by atoms with E-state index in [0.717, 1.165) is 11.5 Å². The third-order valence-electron chi connectivity index (χ3n) is 2.62. The highest BCUT2D eigenvalue weighted by atomic mass is 28.1. The van der Waals surface area contributed by atoms with Crippen LogP contribution in [0.2, 0.25) is 5.54 Å². The average molecular weight is 124 g/mol. The van der Waals surface area contributed by atoms with Crippen molar-refractivity contribution < 1.29 is 0 Å². The van der Waals surface area contributed by atoms with Crippen molar-refractivity contribution in [2.45, 2.75) is 24.8 Å². The molecule has 2 unspecified atom stereocenters. The Bertz CT molecular complexity index is 137. The number of allylic oxidation sites excluding steroid dienone is 2. The summed E-state index contributed by atoms with van der Waals surface area (Å²) in [4.78, 5) is 0. The number of hydrogen-bond acceptors (Lipinski definition) is 0. The van der Waals surface area contributed by atoms with E-state index < -0.39 is 0 Å². The van der Waals surface area contributed by atoms with Gasteiger partial charge in [0.2, 0.25) is 0 Å². The maximum absolute atomic E-state index is 2.46. The Hall–Kier alpha value is -0.0431. The highest BCUT2D eigenvalue weighted by Gasteiger charge is 2.30. The van der Waals surface area contributed by atoms with Gasteiger partial charge in [0.25, 0.3) is 0 Å². The molecule has 44 valence electrons. The second-order valence-electron chi connectivity index (χ2n) is 3.24. The van der Waals surface area contributed by atoms with E-state index in [-0.39, 0.29) is 0 Å². The number of rotatable bonds is 0. The summed E-state index contributed by atoms with van der Waals surface area (Å²) in [5.74, 6) is 1.11. The summed E-state index contributed by atoms with van der Waals surface area (Å²) in [5.41, 5.74) is 2.92. The first-order valence-corrected chi connectivity index (χ1v) is 4.69. The first-order valence-electron chi connectivity index (χ1n) is 3.54. The van der Waals surface area contributed by atoms with Crippen molar-refractivity contribution in [1.29, 1.82) is 0 Å². The van der Waals surface area contributed by atoms with Gasteiger partial charge in [0.05, 0.1) is 0 Å². The van der Waals surface area contributed by atoms with E-state index in [1.165, 1.54) is 29.5 Å². The van der Waals surface area contributed by atoms with Crippen molar-refractivity contribution in [2.24, 2.45) is 5.92 Å². The monoisotopic (exact) mass is 124 g/mol. The summed E-state index contributed by atoms with van der Waals surface area (Å²) in [6, 6.07) is 0. The molecule has 2 aliphatic carbocycles. The standard InChI is InChI=1S/C7H12Si/c8-7-4-5-1-2-6(7)3-5/h1,6-7H,2-4H2,8H3. The molecule has 2 bridgehead atoms. The lowest BCUT2D eigenvalue weighted by atomic mass is 10.1. The summed E-state index contributed by atoms with van der Waals surface area (Å²) < 4.78 is 0. The first kappa shape index (κ1) is 4.80. The molecule has 0 aliphatic heterocycles. The van der Waals surface area contributed by atoms with E-state index in [4.69, 9.17) is 0 Å². The normalized spacial score (nSPS) is 43.2. The molecule has 0 aromatic carbocycles. The summed E-state index contributed by atoms with van der Waals surface area (Å²) in [6.45, 7) is 0. The zero-order valence-electron chi connectivity index (χ0n) is 5.35. The van der Waals surface area contributed by atoms with Crippen LogP contribution in [-0.2, 0) is 0 Å². The molecule has 0 spiro atoms. The fraction of sp³-hybridized carbons (Fsp3) is 0.714. The Kier molecular flexibility index (Phi) is 0.882. The van der Waals surface area contributed by atoms with Crippen molar-refractivity contribution in [3.8, 4) is 0 Å². The van der Waals surface area contributed by atoms with Crippen LogP contribution in [0, 0.1) is 5.92 Å². The van der Waals surface area contributed by atoms with Crippen molar-refractivity contribution in [1.82, 2.24) is 0 Å². The van der Waals surface area contributed by atoms with E-state index in [2.05, 4.69) is 6.08 Å². The van der Waals surface area contributed by atoms with Crippen LogP contribution in [0.5, 0.6) is 0 Å². The molecule has 0 amide bonds. The van der Waals surface area contributed by atoms with Crippen LogP contribution in [0.25, 0.3) is 0 Å². The van der Waals surface area contributed by atoms with Crippen LogP contribution in [0.3, 0.4) is 0 Å². The molecular weight excluding hydrogens is 112 g/mol. The Balaban J connectivity index is 2.25. The fourth-order valence-electron chi connectivity index (χ4n) is 2.00. The lowest BCUT2D eigenvalue weighted by Crippen LogP contribution is -1.99. The predicted octanol–water partition coefficient (Wildman–Crippen LogP) is 0.880. The van der Waals surface area contributed by atoms with Crippen LogP contribution < -0.4 is 0 Å². The molecule has 0 nitrogen and oxygen atoms in total. The van der Waals surface area contributed by atoms with Gasteiger partial charge < -0.3 is 0 Å². The van der Waals surface area contributed by atoms with Crippen LogP contribution in [0.4, 0.5) is 0 Å². The Morgan fingerprint density at radius 1 is 1.50 bits per heavy atom. The second-order valence-corrected chi connectivity index (χ2v) is 4.73. The molecule has 2 rings (SSSR count). The van der Waals surface area contributed by atoms with Crippen molar-refractivity contribution >= 4 is 10.2 Å². The Labute approximate surface area is 53.4 Å². The van der Waals surface area contributed by atoms with Gasteiger partial charge in [0.15, 0.2) is 0 Å². The minimum atomic E-state index is 1.11. The second kappa shape index (κ2) is 1.47. The molecular formula is C7H12Si. The molecule has 0 aromatic rings. The lowest BCUT2D eigenvalue weighted by molar-refractivity contribution is 0.575. The van der Waals surface area contributed by atoms with Gasteiger partial charge in [-0.2, -0.15) is 0 Å². The van der Waals surface area contributed by atoms with E-state index in [9.17, 15) is 0 Å². The highest BCUT2D eigenvalue weighted by Crippen LogP contribution is 2.45. The van der Waals surface area contributed by atoms with E-state index in [0.29, 0.717) is 0 Å². The number of fused-ring (bicyclic) bond motifs is 2. The topological polar surface area (TPSA) is 0 Å². The SMILES string of the molecule is [SiH3]C1CC2=CCC1C2. The Morgan fingerprint density at radius 2 is 2.38 bits per heavy atom. The molecule has 8 heavy (non-hydrogen) atoms. The molecule has 1 saturated carbocycles. The molecule has 0 radical (unpaired) electrons. The van der Waals surface area contributed by atoms with Crippen molar-refractivity contribution in [2.75, 3.05) is 0 Å². The Morgan fingerprint density at radius 3 is 2.62 bits per heavy atom. The summed E-state index contributed by atoms with van der Waals surface area (Å²) in [6.07, 6.45) is 6.81.